The highest BCUT2D eigenvalue weighted by atomic mass is 35.5. The number of carbonyl (C=O) groups is 1. The predicted molar refractivity (Wildman–Crippen MR) is 129 cm³/mol. The molecule has 0 fully saturated rings. The van der Waals surface area contributed by atoms with Crippen molar-refractivity contribution in [1.29, 1.82) is 0 Å². The average Bonchev–Trinajstić information content (AvgIpc) is 3.19. The molecule has 0 aliphatic rings. The van der Waals surface area contributed by atoms with Crippen molar-refractivity contribution in [2.24, 2.45) is 5.92 Å². The number of rotatable bonds is 8. The van der Waals surface area contributed by atoms with Gasteiger partial charge in [0.15, 0.2) is 11.5 Å². The number of anilines is 1. The highest BCUT2D eigenvalue weighted by Crippen LogP contribution is 2.37. The Labute approximate surface area is 199 Å². The highest BCUT2D eigenvalue weighted by molar-refractivity contribution is 6.32. The number of carbonyl (C=O) groups excluding carboxylic acids is 1. The quantitative estimate of drug-likeness (QED) is 0.479. The van der Waals surface area contributed by atoms with Crippen molar-refractivity contribution in [3.63, 3.8) is 0 Å². The number of halogens is 1. The van der Waals surface area contributed by atoms with E-state index in [0.29, 0.717) is 46.4 Å². The van der Waals surface area contributed by atoms with E-state index in [4.69, 9.17) is 21.1 Å². The molecule has 9 heteroatoms. The fraction of sp³-hybridized carbons (Fsp3) is 0.417. The molecular formula is C24H30ClN5O3. The van der Waals surface area contributed by atoms with E-state index in [1.165, 1.54) is 11.8 Å². The first kappa shape index (κ1) is 24.5. The minimum Gasteiger partial charge on any atom is -0.493 e. The van der Waals surface area contributed by atoms with Gasteiger partial charge in [-0.3, -0.25) is 4.79 Å². The van der Waals surface area contributed by atoms with Gasteiger partial charge in [-0.25, -0.2) is 9.97 Å². The number of hydrogen-bond donors (Lipinski definition) is 1. The van der Waals surface area contributed by atoms with Crippen molar-refractivity contribution in [2.45, 2.75) is 46.5 Å². The zero-order valence-corrected chi connectivity index (χ0v) is 20.6. The molecule has 0 bridgehead atoms. The van der Waals surface area contributed by atoms with Crippen LogP contribution in [0, 0.1) is 5.92 Å². The van der Waals surface area contributed by atoms with Gasteiger partial charge in [-0.1, -0.05) is 46.2 Å². The summed E-state index contributed by atoms with van der Waals surface area (Å²) in [7, 11) is 1.51. The van der Waals surface area contributed by atoms with E-state index in [0.717, 1.165) is 12.1 Å². The van der Waals surface area contributed by atoms with E-state index in [2.05, 4.69) is 34.2 Å². The SMILES string of the molecule is COc1cc(C(=O)Nc2cc(C(C)(C)C)nn2-c2ncccn2)cc(Cl)c1OCCC(C)C. The van der Waals surface area contributed by atoms with Gasteiger partial charge in [0, 0.05) is 29.4 Å². The Hall–Kier alpha value is -3.13. The third-order valence-corrected chi connectivity index (χ3v) is 5.17. The fourth-order valence-electron chi connectivity index (χ4n) is 2.97. The Morgan fingerprint density at radius 1 is 1.18 bits per heavy atom. The van der Waals surface area contributed by atoms with E-state index < -0.39 is 0 Å². The van der Waals surface area contributed by atoms with Crippen LogP contribution in [-0.4, -0.2) is 39.4 Å². The lowest BCUT2D eigenvalue weighted by atomic mass is 9.92. The van der Waals surface area contributed by atoms with Crippen LogP contribution < -0.4 is 14.8 Å². The van der Waals surface area contributed by atoms with Crippen molar-refractivity contribution in [2.75, 3.05) is 19.0 Å². The molecular weight excluding hydrogens is 442 g/mol. The number of aromatic nitrogens is 4. The maximum absolute atomic E-state index is 13.1. The number of benzene rings is 1. The molecule has 0 saturated carbocycles. The van der Waals surface area contributed by atoms with E-state index in [1.54, 1.807) is 30.6 Å². The first-order chi connectivity index (χ1) is 15.6. The Bertz CT molecular complexity index is 1110. The fourth-order valence-corrected chi connectivity index (χ4v) is 3.23. The van der Waals surface area contributed by atoms with Crippen molar-refractivity contribution in [1.82, 2.24) is 19.7 Å². The second-order valence-electron chi connectivity index (χ2n) is 9.10. The van der Waals surface area contributed by atoms with Crippen molar-refractivity contribution in [3.05, 3.63) is 52.9 Å². The molecule has 3 aromatic rings. The normalized spacial score (nSPS) is 11.5. The highest BCUT2D eigenvalue weighted by Gasteiger charge is 2.23. The van der Waals surface area contributed by atoms with Crippen LogP contribution in [0.3, 0.4) is 0 Å². The van der Waals surface area contributed by atoms with Gasteiger partial charge >= 0.3 is 0 Å². The molecule has 1 aromatic carbocycles. The largest absolute Gasteiger partial charge is 0.493 e. The summed E-state index contributed by atoms with van der Waals surface area (Å²) in [5.74, 6) is 1.75. The molecule has 1 N–H and O–H groups in total. The lowest BCUT2D eigenvalue weighted by Crippen LogP contribution is -2.16. The van der Waals surface area contributed by atoms with Crippen LogP contribution in [0.15, 0.2) is 36.7 Å². The molecule has 0 unspecified atom stereocenters. The summed E-state index contributed by atoms with van der Waals surface area (Å²) in [5.41, 5.74) is 0.878. The molecule has 3 rings (SSSR count). The van der Waals surface area contributed by atoms with E-state index in [-0.39, 0.29) is 11.3 Å². The zero-order chi connectivity index (χ0) is 24.2. The van der Waals surface area contributed by atoms with Crippen LogP contribution >= 0.6 is 11.6 Å². The van der Waals surface area contributed by atoms with Gasteiger partial charge < -0.3 is 14.8 Å². The van der Waals surface area contributed by atoms with E-state index >= 15 is 0 Å². The van der Waals surface area contributed by atoms with E-state index in [9.17, 15) is 4.79 Å². The number of ether oxygens (including phenoxy) is 2. The summed E-state index contributed by atoms with van der Waals surface area (Å²) < 4.78 is 12.8. The van der Waals surface area contributed by atoms with Gasteiger partial charge in [0.05, 0.1) is 24.4 Å². The summed E-state index contributed by atoms with van der Waals surface area (Å²) in [5, 5.41) is 7.82. The van der Waals surface area contributed by atoms with Gasteiger partial charge in [-0.2, -0.15) is 9.78 Å². The standard InChI is InChI=1S/C24H30ClN5O3/c1-15(2)8-11-33-21-17(25)12-16(13-18(21)32-6)22(31)28-20-14-19(24(3,4)5)29-30(20)23-26-9-7-10-27-23/h7,9-10,12-15H,8,11H2,1-6H3,(H,28,31). The van der Waals surface area contributed by atoms with Crippen molar-refractivity contribution >= 4 is 23.3 Å². The van der Waals surface area contributed by atoms with Crippen LogP contribution in [0.25, 0.3) is 5.95 Å². The Morgan fingerprint density at radius 3 is 2.48 bits per heavy atom. The molecule has 8 nitrogen and oxygen atoms in total. The Balaban J connectivity index is 1.91. The third kappa shape index (κ3) is 6.01. The van der Waals surface area contributed by atoms with Gasteiger partial charge in [0.2, 0.25) is 0 Å². The zero-order valence-electron chi connectivity index (χ0n) is 19.8. The lowest BCUT2D eigenvalue weighted by molar-refractivity contribution is 0.102. The van der Waals surface area contributed by atoms with Crippen LogP contribution in [0.5, 0.6) is 11.5 Å². The molecule has 0 saturated heterocycles. The molecule has 0 radical (unpaired) electrons. The summed E-state index contributed by atoms with van der Waals surface area (Å²) in [6.45, 7) is 10.9. The topological polar surface area (TPSA) is 91.2 Å². The van der Waals surface area contributed by atoms with Gasteiger partial charge in [-0.15, -0.1) is 0 Å². The molecule has 2 aromatic heterocycles. The first-order valence-corrected chi connectivity index (χ1v) is 11.2. The second-order valence-corrected chi connectivity index (χ2v) is 9.51. The second kappa shape index (κ2) is 10.2. The van der Waals surface area contributed by atoms with Crippen molar-refractivity contribution < 1.29 is 14.3 Å². The third-order valence-electron chi connectivity index (χ3n) is 4.89. The molecule has 176 valence electrons. The smallest absolute Gasteiger partial charge is 0.257 e. The maximum Gasteiger partial charge on any atom is 0.257 e. The van der Waals surface area contributed by atoms with Crippen LogP contribution in [-0.2, 0) is 5.41 Å². The van der Waals surface area contributed by atoms with Gasteiger partial charge in [-0.05, 0) is 30.5 Å². The number of methoxy groups -OCH3 is 1. The van der Waals surface area contributed by atoms with Crippen LogP contribution in [0.4, 0.5) is 5.82 Å². The summed E-state index contributed by atoms with van der Waals surface area (Å²) in [6, 6.07) is 6.70. The van der Waals surface area contributed by atoms with Gasteiger partial charge in [0.1, 0.15) is 5.82 Å². The number of amides is 1. The molecule has 33 heavy (non-hydrogen) atoms. The Kier molecular flexibility index (Phi) is 7.58. The Morgan fingerprint density at radius 2 is 1.88 bits per heavy atom. The number of nitrogens with one attached hydrogen (secondary N) is 1. The molecule has 1 amide bonds. The van der Waals surface area contributed by atoms with Gasteiger partial charge in [0.25, 0.3) is 11.9 Å². The average molecular weight is 472 g/mol. The van der Waals surface area contributed by atoms with E-state index in [1.807, 2.05) is 26.8 Å². The summed E-state index contributed by atoms with van der Waals surface area (Å²) in [6.07, 6.45) is 4.12. The first-order valence-electron chi connectivity index (χ1n) is 10.8. The van der Waals surface area contributed by atoms with Crippen molar-refractivity contribution in [3.8, 4) is 17.4 Å². The van der Waals surface area contributed by atoms with Crippen LogP contribution in [0.2, 0.25) is 5.02 Å². The lowest BCUT2D eigenvalue weighted by Gasteiger charge is -2.15. The predicted octanol–water partition coefficient (Wildman–Crippen LogP) is 5.30. The molecule has 0 aliphatic carbocycles. The summed E-state index contributed by atoms with van der Waals surface area (Å²) in [4.78, 5) is 21.7. The number of nitrogens with zero attached hydrogens (tertiary/aromatic N) is 4. The summed E-state index contributed by atoms with van der Waals surface area (Å²) >= 11 is 6.44. The number of hydrogen-bond acceptors (Lipinski definition) is 6. The molecule has 0 atom stereocenters. The monoisotopic (exact) mass is 471 g/mol. The molecule has 0 aliphatic heterocycles. The molecule has 0 spiro atoms. The molecule has 2 heterocycles. The minimum atomic E-state index is -0.374. The minimum absolute atomic E-state index is 0.235. The van der Waals surface area contributed by atoms with Crippen LogP contribution in [0.1, 0.15) is 57.1 Å². The maximum atomic E-state index is 13.1.